The Balaban J connectivity index is 1.93. The van der Waals surface area contributed by atoms with Crippen LogP contribution in [0.3, 0.4) is 0 Å². The van der Waals surface area contributed by atoms with Crippen LogP contribution in [0, 0.1) is 13.8 Å². The Morgan fingerprint density at radius 3 is 2.60 bits per heavy atom. The van der Waals surface area contributed by atoms with Gasteiger partial charge in [0, 0.05) is 30.7 Å². The molecule has 4 aromatic rings. The van der Waals surface area contributed by atoms with E-state index in [0.717, 1.165) is 34.0 Å². The molecule has 0 amide bonds. The van der Waals surface area contributed by atoms with Crippen LogP contribution in [0.2, 0.25) is 0 Å². The van der Waals surface area contributed by atoms with Crippen LogP contribution in [-0.4, -0.2) is 34.5 Å². The minimum absolute atomic E-state index is 0.569. The van der Waals surface area contributed by atoms with Gasteiger partial charge in [0.05, 0.1) is 12.4 Å². The molecule has 0 saturated carbocycles. The van der Waals surface area contributed by atoms with E-state index < -0.39 is 0 Å². The maximum absolute atomic E-state index is 4.74. The molecule has 0 aliphatic carbocycles. The van der Waals surface area contributed by atoms with E-state index in [-0.39, 0.29) is 0 Å². The number of hydrogen-bond acceptors (Lipinski definition) is 5. The summed E-state index contributed by atoms with van der Waals surface area (Å²) in [5.41, 5.74) is 4.57. The Morgan fingerprint density at radius 1 is 1.04 bits per heavy atom. The van der Waals surface area contributed by atoms with Gasteiger partial charge in [-0.1, -0.05) is 6.07 Å². The lowest BCUT2D eigenvalue weighted by molar-refractivity contribution is 0.766. The van der Waals surface area contributed by atoms with Crippen molar-refractivity contribution in [2.45, 2.75) is 13.8 Å². The monoisotopic (exact) mass is 331 g/mol. The summed E-state index contributed by atoms with van der Waals surface area (Å²) in [7, 11) is 1.87. The predicted molar refractivity (Wildman–Crippen MR) is 94.1 cm³/mol. The van der Waals surface area contributed by atoms with Gasteiger partial charge in [0.1, 0.15) is 11.4 Å². The molecule has 4 rings (SSSR count). The maximum Gasteiger partial charge on any atom is 0.200 e. The minimum Gasteiger partial charge on any atom is -0.274 e. The van der Waals surface area contributed by atoms with E-state index in [1.54, 1.807) is 21.8 Å². The van der Waals surface area contributed by atoms with Gasteiger partial charge in [0.15, 0.2) is 5.82 Å². The number of nitrogens with zero attached hydrogens (tertiary/aromatic N) is 7. The smallest absolute Gasteiger partial charge is 0.200 e. The normalized spacial score (nSPS) is 11.0. The molecule has 0 fully saturated rings. The summed E-state index contributed by atoms with van der Waals surface area (Å²) in [4.78, 5) is 13.5. The Morgan fingerprint density at radius 2 is 1.92 bits per heavy atom. The summed E-state index contributed by atoms with van der Waals surface area (Å²) in [5, 5.41) is 8.91. The average Bonchev–Trinajstić information content (AvgIpc) is 3.22. The van der Waals surface area contributed by atoms with Crippen LogP contribution in [0.4, 0.5) is 0 Å². The number of aryl methyl sites for hydroxylation is 3. The first-order valence-electron chi connectivity index (χ1n) is 7.93. The summed E-state index contributed by atoms with van der Waals surface area (Å²) in [6.07, 6.45) is 7.23. The van der Waals surface area contributed by atoms with Gasteiger partial charge in [-0.05, 0) is 37.6 Å². The van der Waals surface area contributed by atoms with E-state index in [1.807, 2.05) is 57.6 Å². The molecule has 0 spiro atoms. The first-order valence-corrected chi connectivity index (χ1v) is 7.93. The van der Waals surface area contributed by atoms with Crippen LogP contribution in [0.25, 0.3) is 28.6 Å². The highest BCUT2D eigenvalue weighted by Crippen LogP contribution is 2.26. The summed E-state index contributed by atoms with van der Waals surface area (Å²) >= 11 is 0. The Labute approximate surface area is 145 Å². The Bertz CT molecular complexity index is 1030. The molecule has 0 saturated heterocycles. The molecule has 7 nitrogen and oxygen atoms in total. The molecule has 0 unspecified atom stereocenters. The molecule has 0 radical (unpaired) electrons. The van der Waals surface area contributed by atoms with Crippen LogP contribution >= 0.6 is 0 Å². The van der Waals surface area contributed by atoms with Crippen molar-refractivity contribution in [3.05, 3.63) is 60.3 Å². The molecule has 7 heteroatoms. The second-order valence-corrected chi connectivity index (χ2v) is 5.90. The third-order valence-electron chi connectivity index (χ3n) is 3.93. The van der Waals surface area contributed by atoms with E-state index in [4.69, 9.17) is 4.98 Å². The molecular formula is C18H17N7. The van der Waals surface area contributed by atoms with Gasteiger partial charge < -0.3 is 0 Å². The van der Waals surface area contributed by atoms with Gasteiger partial charge in [-0.25, -0.2) is 9.67 Å². The van der Waals surface area contributed by atoms with Crippen molar-refractivity contribution in [1.82, 2.24) is 34.5 Å². The lowest BCUT2D eigenvalue weighted by atomic mass is 10.1. The van der Waals surface area contributed by atoms with Crippen LogP contribution in [-0.2, 0) is 7.05 Å². The zero-order valence-corrected chi connectivity index (χ0v) is 14.2. The number of aromatic nitrogens is 7. The van der Waals surface area contributed by atoms with Crippen molar-refractivity contribution >= 4 is 0 Å². The van der Waals surface area contributed by atoms with Crippen LogP contribution < -0.4 is 0 Å². The lowest BCUT2D eigenvalue weighted by Crippen LogP contribution is -2.00. The zero-order chi connectivity index (χ0) is 17.4. The van der Waals surface area contributed by atoms with E-state index in [0.29, 0.717) is 5.82 Å². The van der Waals surface area contributed by atoms with Crippen molar-refractivity contribution in [2.75, 3.05) is 0 Å². The predicted octanol–water partition coefficient (Wildman–Crippen LogP) is 2.74. The fourth-order valence-corrected chi connectivity index (χ4v) is 2.72. The SMILES string of the molecule is Cc1cc(C)c(-c2nc(-c3ccccn3)nn2-c2cnn(C)c2)cn1. The molecule has 4 heterocycles. The second kappa shape index (κ2) is 5.94. The highest BCUT2D eigenvalue weighted by atomic mass is 15.4. The summed E-state index contributed by atoms with van der Waals surface area (Å²) in [5.74, 6) is 1.29. The van der Waals surface area contributed by atoms with Gasteiger partial charge in [-0.2, -0.15) is 5.10 Å². The van der Waals surface area contributed by atoms with Crippen LogP contribution in [0.1, 0.15) is 11.3 Å². The molecule has 25 heavy (non-hydrogen) atoms. The molecule has 124 valence electrons. The molecule has 4 aromatic heterocycles. The maximum atomic E-state index is 4.74. The standard InChI is InChI=1S/C18H17N7/c1-12-8-13(2)20-10-15(12)18-22-17(16-6-4-5-7-19-16)23-25(18)14-9-21-24(3)11-14/h4-11H,1-3H3. The van der Waals surface area contributed by atoms with E-state index in [9.17, 15) is 0 Å². The van der Waals surface area contributed by atoms with E-state index >= 15 is 0 Å². The molecule has 0 bridgehead atoms. The quantitative estimate of drug-likeness (QED) is 0.577. The van der Waals surface area contributed by atoms with Crippen molar-refractivity contribution in [1.29, 1.82) is 0 Å². The van der Waals surface area contributed by atoms with Gasteiger partial charge in [-0.15, -0.1) is 5.10 Å². The molecule has 0 atom stereocenters. The molecule has 0 N–H and O–H groups in total. The fourth-order valence-electron chi connectivity index (χ4n) is 2.72. The average molecular weight is 331 g/mol. The molecule has 0 aliphatic heterocycles. The number of rotatable bonds is 3. The van der Waals surface area contributed by atoms with Gasteiger partial charge in [-0.3, -0.25) is 14.6 Å². The third-order valence-corrected chi connectivity index (χ3v) is 3.93. The first-order chi connectivity index (χ1) is 12.1. The van der Waals surface area contributed by atoms with Crippen LogP contribution in [0.15, 0.2) is 49.1 Å². The van der Waals surface area contributed by atoms with E-state index in [1.165, 1.54) is 0 Å². The summed E-state index contributed by atoms with van der Waals surface area (Å²) < 4.78 is 3.53. The Kier molecular flexibility index (Phi) is 3.61. The molecule has 0 aromatic carbocycles. The van der Waals surface area contributed by atoms with Gasteiger partial charge >= 0.3 is 0 Å². The first kappa shape index (κ1) is 15.2. The van der Waals surface area contributed by atoms with Crippen molar-refractivity contribution in [2.24, 2.45) is 7.05 Å². The van der Waals surface area contributed by atoms with Gasteiger partial charge in [0.2, 0.25) is 5.82 Å². The van der Waals surface area contributed by atoms with Gasteiger partial charge in [0.25, 0.3) is 0 Å². The zero-order valence-electron chi connectivity index (χ0n) is 14.2. The highest BCUT2D eigenvalue weighted by Gasteiger charge is 2.18. The van der Waals surface area contributed by atoms with E-state index in [2.05, 4.69) is 20.2 Å². The number of hydrogen-bond donors (Lipinski definition) is 0. The topological polar surface area (TPSA) is 74.3 Å². The minimum atomic E-state index is 0.569. The second-order valence-electron chi connectivity index (χ2n) is 5.90. The molecular weight excluding hydrogens is 314 g/mol. The van der Waals surface area contributed by atoms with Crippen LogP contribution in [0.5, 0.6) is 0 Å². The summed E-state index contributed by atoms with van der Waals surface area (Å²) in [6, 6.07) is 7.73. The summed E-state index contributed by atoms with van der Waals surface area (Å²) in [6.45, 7) is 4.02. The Hall–Kier alpha value is -3.35. The lowest BCUT2D eigenvalue weighted by Gasteiger charge is -2.06. The van der Waals surface area contributed by atoms with Crippen molar-refractivity contribution in [3.8, 4) is 28.6 Å². The number of pyridine rings is 2. The largest absolute Gasteiger partial charge is 0.274 e. The molecule has 0 aliphatic rings. The van der Waals surface area contributed by atoms with Crippen molar-refractivity contribution in [3.63, 3.8) is 0 Å². The third kappa shape index (κ3) is 2.80. The van der Waals surface area contributed by atoms with Crippen molar-refractivity contribution < 1.29 is 0 Å². The highest BCUT2D eigenvalue weighted by molar-refractivity contribution is 5.64. The fraction of sp³-hybridized carbons (Fsp3) is 0.167.